The molecule has 0 saturated carbocycles. The van der Waals surface area contributed by atoms with Gasteiger partial charge in [-0.1, -0.05) is 85.8 Å². The Labute approximate surface area is 364 Å². The molecule has 2 unspecified atom stereocenters. The third kappa shape index (κ3) is 6.07. The maximum atomic E-state index is 2.69. The molecule has 6 aliphatic carbocycles. The summed E-state index contributed by atoms with van der Waals surface area (Å²) in [5.74, 6) is 0.516. The van der Waals surface area contributed by atoms with Gasteiger partial charge in [-0.2, -0.15) is 0 Å². The number of hydrogen-bond acceptors (Lipinski definition) is 1. The van der Waals surface area contributed by atoms with Crippen LogP contribution in [0.3, 0.4) is 0 Å². The Kier molecular flexibility index (Phi) is 9.10. The number of hydrogen-bond donors (Lipinski definition) is 0. The molecule has 0 N–H and O–H groups in total. The second-order valence-electron chi connectivity index (χ2n) is 20.1. The average Bonchev–Trinajstić information content (AvgIpc) is 3.31. The van der Waals surface area contributed by atoms with E-state index in [1.54, 1.807) is 38.9 Å². The lowest BCUT2D eigenvalue weighted by Crippen LogP contribution is -2.38. The molecule has 12 rings (SSSR count). The molecule has 0 bridgehead atoms. The maximum Gasteiger partial charge on any atom is 0.0543 e. The van der Waals surface area contributed by atoms with Crippen LogP contribution in [0.1, 0.15) is 149 Å². The molecule has 6 aromatic carbocycles. The summed E-state index contributed by atoms with van der Waals surface area (Å²) >= 11 is 0. The number of aryl methyl sites for hydroxylation is 9. The van der Waals surface area contributed by atoms with Crippen molar-refractivity contribution in [3.63, 3.8) is 0 Å². The van der Waals surface area contributed by atoms with E-state index in [0.717, 1.165) is 0 Å². The van der Waals surface area contributed by atoms with Gasteiger partial charge < -0.3 is 4.90 Å². The highest BCUT2D eigenvalue weighted by molar-refractivity contribution is 6.08. The van der Waals surface area contributed by atoms with Crippen LogP contribution in [0, 0.1) is 12.8 Å². The first-order valence-corrected chi connectivity index (χ1v) is 24.2. The van der Waals surface area contributed by atoms with Crippen LogP contribution in [0.5, 0.6) is 0 Å². The molecule has 0 amide bonds. The molecule has 0 aromatic heterocycles. The SMILES string of the molecule is CC1=CC(C(C)(c2ccc3c(c2)CCCC3)c2ccc3c(c2)CCCC3)C2C=Cc3c(C)cc(N(c4ccc5c(c4)CCCC5)c4ccc5c(c4)CCCC5)c4ccc1c2c34. The highest BCUT2D eigenvalue weighted by atomic mass is 15.1. The molecule has 306 valence electrons. The van der Waals surface area contributed by atoms with Gasteiger partial charge in [0.2, 0.25) is 0 Å². The summed E-state index contributed by atoms with van der Waals surface area (Å²) in [6, 6.07) is 37.7. The molecule has 0 fully saturated rings. The first kappa shape index (κ1) is 37.6. The van der Waals surface area contributed by atoms with E-state index < -0.39 is 0 Å². The Hall–Kier alpha value is -5.14. The minimum atomic E-state index is -0.211. The van der Waals surface area contributed by atoms with Crippen LogP contribution in [0.4, 0.5) is 17.1 Å². The van der Waals surface area contributed by atoms with E-state index in [0.29, 0.717) is 0 Å². The van der Waals surface area contributed by atoms with Gasteiger partial charge in [-0.3, -0.25) is 0 Å². The zero-order valence-electron chi connectivity index (χ0n) is 36.8. The van der Waals surface area contributed by atoms with Crippen molar-refractivity contribution in [1.29, 1.82) is 0 Å². The first-order chi connectivity index (χ1) is 29.9. The van der Waals surface area contributed by atoms with Crippen molar-refractivity contribution in [2.45, 2.75) is 135 Å². The largest absolute Gasteiger partial charge is 0.310 e. The Balaban J connectivity index is 1.07. The van der Waals surface area contributed by atoms with Gasteiger partial charge in [-0.25, -0.2) is 0 Å². The number of anilines is 3. The lowest BCUT2D eigenvalue weighted by atomic mass is 9.57. The Bertz CT molecular complexity index is 2710. The molecule has 6 aromatic rings. The van der Waals surface area contributed by atoms with Crippen LogP contribution in [0.15, 0.2) is 103 Å². The molecule has 6 aliphatic rings. The number of fused-ring (bicyclic) bond motifs is 4. The molecule has 1 heteroatoms. The predicted molar refractivity (Wildman–Crippen MR) is 258 cm³/mol. The quantitative estimate of drug-likeness (QED) is 0.162. The molecule has 2 atom stereocenters. The van der Waals surface area contributed by atoms with Gasteiger partial charge in [0.15, 0.2) is 0 Å². The van der Waals surface area contributed by atoms with Crippen molar-refractivity contribution in [3.05, 3.63) is 181 Å². The van der Waals surface area contributed by atoms with Crippen molar-refractivity contribution < 1.29 is 0 Å². The highest BCUT2D eigenvalue weighted by Crippen LogP contribution is 2.57. The minimum absolute atomic E-state index is 0.211. The zero-order chi connectivity index (χ0) is 40.8. The summed E-state index contributed by atoms with van der Waals surface area (Å²) in [4.78, 5) is 2.64. The minimum Gasteiger partial charge on any atom is -0.310 e. The van der Waals surface area contributed by atoms with Crippen LogP contribution < -0.4 is 4.90 Å². The second kappa shape index (κ2) is 14.8. The Morgan fingerprint density at radius 2 is 0.984 bits per heavy atom. The van der Waals surface area contributed by atoms with Gasteiger partial charge in [0.25, 0.3) is 0 Å². The first-order valence-electron chi connectivity index (χ1n) is 24.2. The molecule has 61 heavy (non-hydrogen) atoms. The van der Waals surface area contributed by atoms with Crippen molar-refractivity contribution >= 4 is 39.5 Å². The van der Waals surface area contributed by atoms with E-state index >= 15 is 0 Å². The zero-order valence-corrected chi connectivity index (χ0v) is 36.8. The topological polar surface area (TPSA) is 3.24 Å². The Morgan fingerprint density at radius 3 is 1.51 bits per heavy atom. The lowest BCUT2D eigenvalue weighted by molar-refractivity contribution is 0.380. The van der Waals surface area contributed by atoms with E-state index in [-0.39, 0.29) is 17.3 Å². The summed E-state index contributed by atoms with van der Waals surface area (Å²) < 4.78 is 0. The number of allylic oxidation sites excluding steroid dienone is 3. The van der Waals surface area contributed by atoms with Gasteiger partial charge in [0.1, 0.15) is 0 Å². The van der Waals surface area contributed by atoms with Gasteiger partial charge in [-0.15, -0.1) is 0 Å². The fourth-order valence-corrected chi connectivity index (χ4v) is 13.2. The van der Waals surface area contributed by atoms with E-state index in [1.807, 2.05) is 0 Å². The molecule has 0 aliphatic heterocycles. The summed E-state index contributed by atoms with van der Waals surface area (Å²) in [7, 11) is 0. The van der Waals surface area contributed by atoms with Crippen molar-refractivity contribution in [2.24, 2.45) is 5.92 Å². The number of rotatable bonds is 6. The van der Waals surface area contributed by atoms with Crippen LogP contribution in [-0.2, 0) is 56.8 Å². The van der Waals surface area contributed by atoms with Gasteiger partial charge in [0.05, 0.1) is 5.69 Å². The van der Waals surface area contributed by atoms with Crippen LogP contribution in [0.2, 0.25) is 0 Å². The summed E-state index contributed by atoms with van der Waals surface area (Å²) in [6.45, 7) is 7.39. The summed E-state index contributed by atoms with van der Waals surface area (Å²) in [5, 5.41) is 2.85. The molecular formula is C60H61N. The van der Waals surface area contributed by atoms with E-state index in [2.05, 4.69) is 135 Å². The molecule has 0 radical (unpaired) electrons. The number of benzene rings is 6. The highest BCUT2D eigenvalue weighted by Gasteiger charge is 2.45. The molecule has 0 saturated heterocycles. The van der Waals surface area contributed by atoms with Gasteiger partial charge in [-0.05, 0) is 236 Å². The van der Waals surface area contributed by atoms with E-state index in [9.17, 15) is 0 Å². The van der Waals surface area contributed by atoms with Crippen LogP contribution in [0.25, 0.3) is 22.4 Å². The van der Waals surface area contributed by atoms with Gasteiger partial charge >= 0.3 is 0 Å². The third-order valence-corrected chi connectivity index (χ3v) is 16.6. The monoisotopic (exact) mass is 795 g/mol. The number of nitrogens with zero attached hydrogens (tertiary/aromatic N) is 1. The fourth-order valence-electron chi connectivity index (χ4n) is 13.2. The Morgan fingerprint density at radius 1 is 0.508 bits per heavy atom. The molecule has 0 heterocycles. The van der Waals surface area contributed by atoms with Crippen molar-refractivity contribution in [1.82, 2.24) is 0 Å². The van der Waals surface area contributed by atoms with Gasteiger partial charge in [0, 0.05) is 34.0 Å². The van der Waals surface area contributed by atoms with E-state index in [1.165, 1.54) is 175 Å². The molecule has 1 nitrogen and oxygen atoms in total. The standard InChI is InChI=1S/C60H61N/c1-38-32-56(60(3,48-24-20-40-12-4-8-16-44(40)34-48)49-25-21-41-13-5-9-17-45(41)35-49)54-30-28-53-39(2)33-57(55-31-29-52(38)58(54)59(53)55)61(50-26-22-42-14-6-10-18-46(42)36-50)51-27-23-43-15-7-11-19-47(43)37-51/h20-37,54,56H,4-19H2,1-3H3. The van der Waals surface area contributed by atoms with Crippen LogP contribution >= 0.6 is 0 Å². The molecular weight excluding hydrogens is 735 g/mol. The summed E-state index contributed by atoms with van der Waals surface area (Å²) in [5.41, 5.74) is 26.3. The van der Waals surface area contributed by atoms with Crippen molar-refractivity contribution in [2.75, 3.05) is 4.90 Å². The molecule has 0 spiro atoms. The van der Waals surface area contributed by atoms with E-state index in [4.69, 9.17) is 0 Å². The predicted octanol–water partition coefficient (Wildman–Crippen LogP) is 15.3. The third-order valence-electron chi connectivity index (χ3n) is 16.6. The normalized spacial score (nSPS) is 20.0. The average molecular weight is 796 g/mol. The maximum absolute atomic E-state index is 2.69. The summed E-state index contributed by atoms with van der Waals surface area (Å²) in [6.07, 6.45) is 27.9. The second-order valence-corrected chi connectivity index (χ2v) is 20.1. The fraction of sp³-hybridized carbons (Fsp3) is 0.367. The van der Waals surface area contributed by atoms with Crippen LogP contribution in [-0.4, -0.2) is 0 Å². The lowest BCUT2D eigenvalue weighted by Gasteiger charge is -2.46. The smallest absolute Gasteiger partial charge is 0.0543 e. The van der Waals surface area contributed by atoms with Crippen molar-refractivity contribution in [3.8, 4) is 0 Å².